The van der Waals surface area contributed by atoms with Crippen molar-refractivity contribution in [3.05, 3.63) is 28.8 Å². The normalized spacial score (nSPS) is 20.1. The number of aliphatic carboxylic acids is 1. The lowest BCUT2D eigenvalue weighted by molar-refractivity contribution is -0.150. The predicted octanol–water partition coefficient (Wildman–Crippen LogP) is 3.59. The molecule has 0 aromatic heterocycles. The van der Waals surface area contributed by atoms with E-state index in [2.05, 4.69) is 10.6 Å². The fourth-order valence-electron chi connectivity index (χ4n) is 3.03. The minimum absolute atomic E-state index is 0.125. The minimum atomic E-state index is -0.969. The Morgan fingerprint density at radius 2 is 1.93 bits per heavy atom. The van der Waals surface area contributed by atoms with E-state index in [4.69, 9.17) is 11.6 Å². The predicted molar refractivity (Wildman–Crippen MR) is 104 cm³/mol. The Bertz CT molecular complexity index is 760. The Labute approximate surface area is 164 Å². The van der Waals surface area contributed by atoms with Crippen molar-refractivity contribution >= 4 is 35.2 Å². The summed E-state index contributed by atoms with van der Waals surface area (Å²) in [6, 6.07) is 4.28. The van der Waals surface area contributed by atoms with Gasteiger partial charge < -0.3 is 20.6 Å². The highest BCUT2D eigenvalue weighted by Gasteiger charge is 2.39. The number of likely N-dealkylation sites (tertiary alicyclic amines) is 1. The van der Waals surface area contributed by atoms with Gasteiger partial charge in [0.25, 0.3) is 5.91 Å². The quantitative estimate of drug-likeness (QED) is 0.728. The highest BCUT2D eigenvalue weighted by atomic mass is 35.5. The number of nitrogens with zero attached hydrogens (tertiary/aromatic N) is 1. The van der Waals surface area contributed by atoms with Crippen LogP contribution in [0.4, 0.5) is 10.5 Å². The summed E-state index contributed by atoms with van der Waals surface area (Å²) in [4.78, 5) is 38.0. The maximum Gasteiger partial charge on any atom is 0.319 e. The van der Waals surface area contributed by atoms with E-state index in [1.165, 1.54) is 11.0 Å². The van der Waals surface area contributed by atoms with Gasteiger partial charge in [-0.25, -0.2) is 4.79 Å². The van der Waals surface area contributed by atoms with Gasteiger partial charge >= 0.3 is 12.0 Å². The molecule has 0 spiro atoms. The minimum Gasteiger partial charge on any atom is -0.481 e. The van der Waals surface area contributed by atoms with Crippen molar-refractivity contribution in [3.63, 3.8) is 0 Å². The van der Waals surface area contributed by atoms with Crippen molar-refractivity contribution in [2.75, 3.05) is 18.4 Å². The molecule has 1 atom stereocenters. The van der Waals surface area contributed by atoms with E-state index >= 15 is 0 Å². The second kappa shape index (κ2) is 7.76. The molecule has 3 N–H and O–H groups in total. The summed E-state index contributed by atoms with van der Waals surface area (Å²) in [7, 11) is 0. The molecule has 27 heavy (non-hydrogen) atoms. The third-order valence-corrected chi connectivity index (χ3v) is 4.77. The summed E-state index contributed by atoms with van der Waals surface area (Å²) in [6.07, 6.45) is 1.13. The van der Waals surface area contributed by atoms with Crippen LogP contribution < -0.4 is 10.6 Å². The number of amides is 3. The zero-order valence-corrected chi connectivity index (χ0v) is 16.8. The molecule has 3 amide bonds. The number of anilines is 1. The number of carbonyl (C=O) groups excluding carboxylic acids is 2. The van der Waals surface area contributed by atoms with E-state index < -0.39 is 16.9 Å². The Hall–Kier alpha value is -2.28. The second-order valence-corrected chi connectivity index (χ2v) is 8.63. The Kier molecular flexibility index (Phi) is 6.04. The van der Waals surface area contributed by atoms with Crippen LogP contribution >= 0.6 is 11.6 Å². The average molecular weight is 396 g/mol. The van der Waals surface area contributed by atoms with Gasteiger partial charge in [0.05, 0.1) is 16.0 Å². The molecule has 0 saturated carbocycles. The first-order valence-electron chi connectivity index (χ1n) is 8.83. The molecular formula is C19H26ClN3O4. The van der Waals surface area contributed by atoms with Crippen molar-refractivity contribution in [3.8, 4) is 0 Å². The van der Waals surface area contributed by atoms with E-state index in [0.717, 1.165) is 0 Å². The van der Waals surface area contributed by atoms with Gasteiger partial charge in [-0.15, -0.1) is 0 Å². The van der Waals surface area contributed by atoms with Crippen LogP contribution in [0.1, 0.15) is 50.9 Å². The molecule has 1 aromatic rings. The van der Waals surface area contributed by atoms with E-state index in [1.54, 1.807) is 19.1 Å². The zero-order chi connectivity index (χ0) is 20.4. The standard InChI is InChI=1S/C19H26ClN3O4/c1-18(2,3)22-17(27)21-12-6-7-14(20)13(10-12)15(24)23-9-5-8-19(4,11-23)16(25)26/h6-7,10H,5,8-9,11H2,1-4H3,(H,25,26)(H2,21,22,27). The van der Waals surface area contributed by atoms with E-state index in [9.17, 15) is 19.5 Å². The number of halogens is 1. The molecule has 0 bridgehead atoms. The number of urea groups is 1. The Morgan fingerprint density at radius 3 is 2.52 bits per heavy atom. The molecule has 1 aliphatic heterocycles. The smallest absolute Gasteiger partial charge is 0.319 e. The van der Waals surface area contributed by atoms with Crippen LogP contribution in [-0.4, -0.2) is 46.5 Å². The van der Waals surface area contributed by atoms with Crippen LogP contribution in [0.15, 0.2) is 18.2 Å². The lowest BCUT2D eigenvalue weighted by Crippen LogP contribution is -2.48. The molecular weight excluding hydrogens is 370 g/mol. The van der Waals surface area contributed by atoms with Crippen LogP contribution in [0.5, 0.6) is 0 Å². The number of nitrogens with one attached hydrogen (secondary N) is 2. The molecule has 1 fully saturated rings. The van der Waals surface area contributed by atoms with Crippen molar-refractivity contribution in [2.24, 2.45) is 5.41 Å². The molecule has 148 valence electrons. The second-order valence-electron chi connectivity index (χ2n) is 8.22. The number of carboxylic acids is 1. The van der Waals surface area contributed by atoms with E-state index in [0.29, 0.717) is 25.1 Å². The van der Waals surface area contributed by atoms with Crippen molar-refractivity contribution in [2.45, 2.75) is 46.1 Å². The number of piperidine rings is 1. The van der Waals surface area contributed by atoms with Crippen LogP contribution in [-0.2, 0) is 4.79 Å². The van der Waals surface area contributed by atoms with Gasteiger partial charge in [-0.05, 0) is 58.7 Å². The fourth-order valence-corrected chi connectivity index (χ4v) is 3.23. The van der Waals surface area contributed by atoms with E-state index in [-0.39, 0.29) is 29.1 Å². The monoisotopic (exact) mass is 395 g/mol. The molecule has 0 radical (unpaired) electrons. The first-order chi connectivity index (χ1) is 12.4. The molecule has 1 aliphatic rings. The van der Waals surface area contributed by atoms with Gasteiger partial charge in [0.15, 0.2) is 0 Å². The van der Waals surface area contributed by atoms with Gasteiger partial charge in [0, 0.05) is 24.3 Å². The van der Waals surface area contributed by atoms with Gasteiger partial charge in [0.1, 0.15) is 0 Å². The first kappa shape index (κ1) is 21.0. The highest BCUT2D eigenvalue weighted by Crippen LogP contribution is 2.31. The summed E-state index contributed by atoms with van der Waals surface area (Å²) < 4.78 is 0. The molecule has 1 saturated heterocycles. The van der Waals surface area contributed by atoms with Crippen LogP contribution in [0, 0.1) is 5.41 Å². The Morgan fingerprint density at radius 1 is 1.26 bits per heavy atom. The summed E-state index contributed by atoms with van der Waals surface area (Å²) in [5.41, 5.74) is -0.699. The molecule has 0 aliphatic carbocycles. The third-order valence-electron chi connectivity index (χ3n) is 4.44. The van der Waals surface area contributed by atoms with Gasteiger partial charge in [-0.3, -0.25) is 9.59 Å². The molecule has 8 heteroatoms. The number of carbonyl (C=O) groups is 3. The molecule has 7 nitrogen and oxygen atoms in total. The fraction of sp³-hybridized carbons (Fsp3) is 0.526. The maximum atomic E-state index is 12.9. The number of rotatable bonds is 3. The molecule has 1 aromatic carbocycles. The highest BCUT2D eigenvalue weighted by molar-refractivity contribution is 6.34. The zero-order valence-electron chi connectivity index (χ0n) is 16.1. The number of hydrogen-bond donors (Lipinski definition) is 3. The Balaban J connectivity index is 2.19. The topological polar surface area (TPSA) is 98.7 Å². The summed E-state index contributed by atoms with van der Waals surface area (Å²) in [5.74, 6) is -1.26. The molecule has 1 unspecified atom stereocenters. The van der Waals surface area contributed by atoms with Crippen LogP contribution in [0.3, 0.4) is 0 Å². The molecule has 2 rings (SSSR count). The molecule has 1 heterocycles. The SMILES string of the molecule is CC(C)(C)NC(=O)Nc1ccc(Cl)c(C(=O)N2CCCC(C)(C(=O)O)C2)c1. The van der Waals surface area contributed by atoms with Gasteiger partial charge in [-0.2, -0.15) is 0 Å². The van der Waals surface area contributed by atoms with Gasteiger partial charge in [0.2, 0.25) is 0 Å². The lowest BCUT2D eigenvalue weighted by atomic mass is 9.82. The largest absolute Gasteiger partial charge is 0.481 e. The van der Waals surface area contributed by atoms with Crippen molar-refractivity contribution in [1.29, 1.82) is 0 Å². The van der Waals surface area contributed by atoms with Gasteiger partial charge in [-0.1, -0.05) is 11.6 Å². The number of benzene rings is 1. The van der Waals surface area contributed by atoms with E-state index in [1.807, 2.05) is 20.8 Å². The maximum absolute atomic E-state index is 12.9. The first-order valence-corrected chi connectivity index (χ1v) is 9.20. The van der Waals surface area contributed by atoms with Crippen LogP contribution in [0.2, 0.25) is 5.02 Å². The average Bonchev–Trinajstić information content (AvgIpc) is 2.54. The lowest BCUT2D eigenvalue weighted by Gasteiger charge is -2.37. The summed E-state index contributed by atoms with van der Waals surface area (Å²) in [6.45, 7) is 7.82. The number of hydrogen-bond acceptors (Lipinski definition) is 3. The van der Waals surface area contributed by atoms with Crippen molar-refractivity contribution < 1.29 is 19.5 Å². The van der Waals surface area contributed by atoms with Crippen molar-refractivity contribution in [1.82, 2.24) is 10.2 Å². The summed E-state index contributed by atoms with van der Waals surface area (Å²) in [5, 5.41) is 15.2. The third kappa shape index (κ3) is 5.35. The van der Waals surface area contributed by atoms with Crippen LogP contribution in [0.25, 0.3) is 0 Å². The number of carboxylic acid groups (broad SMARTS) is 1. The summed E-state index contributed by atoms with van der Waals surface area (Å²) >= 11 is 6.19.